The van der Waals surface area contributed by atoms with Crippen molar-refractivity contribution < 1.29 is 10.2 Å². The van der Waals surface area contributed by atoms with Gasteiger partial charge < -0.3 is 10.2 Å². The molecule has 0 bridgehead atoms. The Bertz CT molecular complexity index is 420. The van der Waals surface area contributed by atoms with Gasteiger partial charge >= 0.3 is 0 Å². The Hall–Kier alpha value is -1.64. The van der Waals surface area contributed by atoms with E-state index in [2.05, 4.69) is 48.5 Å². The molecule has 0 aromatic heterocycles. The Labute approximate surface area is 102 Å². The first-order valence-electron chi connectivity index (χ1n) is 5.51. The van der Waals surface area contributed by atoms with E-state index in [0.717, 1.165) is 20.6 Å². The summed E-state index contributed by atoms with van der Waals surface area (Å²) in [4.78, 5) is 0. The highest BCUT2D eigenvalue weighted by molar-refractivity contribution is 5.76. The summed E-state index contributed by atoms with van der Waals surface area (Å²) < 4.78 is 0. The van der Waals surface area contributed by atoms with Crippen LogP contribution in [0.5, 0.6) is 0 Å². The van der Waals surface area contributed by atoms with E-state index in [0.29, 0.717) is 0 Å². The van der Waals surface area contributed by atoms with Gasteiger partial charge in [0.15, 0.2) is 0 Å². The van der Waals surface area contributed by atoms with E-state index in [-0.39, 0.29) is 0 Å². The lowest BCUT2D eigenvalue weighted by molar-refractivity contribution is 0.399. The molecule has 2 N–H and O–H groups in total. The highest BCUT2D eigenvalue weighted by Crippen LogP contribution is 2.35. The van der Waals surface area contributed by atoms with Crippen LogP contribution in [0.1, 0.15) is 11.1 Å². The SMILES string of the molecule is CO.CO.c1ccc2c(c1)Cc1ccccc1-2. The first-order chi connectivity index (χ1) is 8.45. The van der Waals surface area contributed by atoms with E-state index >= 15 is 0 Å². The lowest BCUT2D eigenvalue weighted by Crippen LogP contribution is -1.77. The van der Waals surface area contributed by atoms with Crippen molar-refractivity contribution in [3.8, 4) is 11.1 Å². The van der Waals surface area contributed by atoms with Crippen molar-refractivity contribution in [1.82, 2.24) is 0 Å². The summed E-state index contributed by atoms with van der Waals surface area (Å²) in [5.74, 6) is 0. The molecule has 0 atom stereocenters. The average molecular weight is 230 g/mol. The van der Waals surface area contributed by atoms with E-state index in [9.17, 15) is 0 Å². The van der Waals surface area contributed by atoms with Crippen LogP contribution in [-0.2, 0) is 6.42 Å². The Morgan fingerprint density at radius 3 is 1.41 bits per heavy atom. The minimum Gasteiger partial charge on any atom is -0.400 e. The summed E-state index contributed by atoms with van der Waals surface area (Å²) >= 11 is 0. The largest absolute Gasteiger partial charge is 0.400 e. The molecule has 0 unspecified atom stereocenters. The van der Waals surface area contributed by atoms with Gasteiger partial charge in [0.25, 0.3) is 0 Å². The monoisotopic (exact) mass is 230 g/mol. The van der Waals surface area contributed by atoms with E-state index in [4.69, 9.17) is 10.2 Å². The number of hydrogen-bond donors (Lipinski definition) is 2. The number of aliphatic hydroxyl groups excluding tert-OH is 2. The van der Waals surface area contributed by atoms with Crippen LogP contribution in [-0.4, -0.2) is 24.4 Å². The molecule has 0 heterocycles. The summed E-state index contributed by atoms with van der Waals surface area (Å²) in [5, 5.41) is 14.0. The summed E-state index contributed by atoms with van der Waals surface area (Å²) in [5.41, 5.74) is 5.75. The standard InChI is InChI=1S/C13H10.2CH4O/c1-3-7-12-10(5-1)9-11-6-2-4-8-13(11)12;2*1-2/h1-8H,9H2;2*2H,1H3. The molecule has 17 heavy (non-hydrogen) atoms. The molecule has 2 heteroatoms. The molecule has 0 spiro atoms. The topological polar surface area (TPSA) is 40.5 Å². The lowest BCUT2D eigenvalue weighted by Gasteiger charge is -1.98. The third kappa shape index (κ3) is 2.73. The van der Waals surface area contributed by atoms with Gasteiger partial charge in [-0.05, 0) is 28.7 Å². The number of rotatable bonds is 0. The van der Waals surface area contributed by atoms with Crippen LogP contribution < -0.4 is 0 Å². The maximum atomic E-state index is 7.00. The van der Waals surface area contributed by atoms with Gasteiger partial charge in [0.1, 0.15) is 0 Å². The fourth-order valence-corrected chi connectivity index (χ4v) is 2.08. The summed E-state index contributed by atoms with van der Waals surface area (Å²) in [6.07, 6.45) is 1.10. The van der Waals surface area contributed by atoms with Gasteiger partial charge in [0.05, 0.1) is 0 Å². The van der Waals surface area contributed by atoms with Gasteiger partial charge in [-0.2, -0.15) is 0 Å². The van der Waals surface area contributed by atoms with E-state index < -0.39 is 0 Å². The van der Waals surface area contributed by atoms with E-state index in [1.54, 1.807) is 0 Å². The molecule has 0 saturated carbocycles. The molecule has 0 saturated heterocycles. The molecule has 90 valence electrons. The molecule has 3 rings (SSSR count). The molecule has 2 nitrogen and oxygen atoms in total. The van der Waals surface area contributed by atoms with Crippen molar-refractivity contribution in [2.24, 2.45) is 0 Å². The van der Waals surface area contributed by atoms with Crippen LogP contribution >= 0.6 is 0 Å². The minimum absolute atomic E-state index is 1.00. The van der Waals surface area contributed by atoms with Crippen LogP contribution in [0.15, 0.2) is 48.5 Å². The molecule has 2 aromatic carbocycles. The number of benzene rings is 2. The lowest BCUT2D eigenvalue weighted by atomic mass is 10.1. The molecule has 0 aliphatic heterocycles. The fraction of sp³-hybridized carbons (Fsp3) is 0.200. The van der Waals surface area contributed by atoms with Crippen LogP contribution in [0.3, 0.4) is 0 Å². The highest BCUT2D eigenvalue weighted by atomic mass is 16.2. The second-order valence-electron chi connectivity index (χ2n) is 3.49. The Morgan fingerprint density at radius 2 is 1.00 bits per heavy atom. The average Bonchev–Trinajstić information content (AvgIpc) is 2.82. The van der Waals surface area contributed by atoms with Crippen molar-refractivity contribution in [1.29, 1.82) is 0 Å². The quantitative estimate of drug-likeness (QED) is 0.623. The zero-order chi connectivity index (χ0) is 12.7. The molecule has 2 aromatic rings. The van der Waals surface area contributed by atoms with Crippen molar-refractivity contribution >= 4 is 0 Å². The first kappa shape index (κ1) is 13.4. The van der Waals surface area contributed by atoms with Crippen LogP contribution in [0, 0.1) is 0 Å². The number of aliphatic hydroxyl groups is 2. The molecular weight excluding hydrogens is 212 g/mol. The van der Waals surface area contributed by atoms with Crippen LogP contribution in [0.4, 0.5) is 0 Å². The predicted molar refractivity (Wildman–Crippen MR) is 71.0 cm³/mol. The third-order valence-corrected chi connectivity index (χ3v) is 2.71. The Balaban J connectivity index is 0.000000330. The smallest absolute Gasteiger partial charge is 0.0319 e. The zero-order valence-electron chi connectivity index (χ0n) is 10.2. The Kier molecular flexibility index (Phi) is 5.40. The summed E-state index contributed by atoms with van der Waals surface area (Å²) in [6.45, 7) is 0. The van der Waals surface area contributed by atoms with E-state index in [1.165, 1.54) is 22.3 Å². The normalized spacial score (nSPS) is 10.1. The van der Waals surface area contributed by atoms with Gasteiger partial charge in [-0.25, -0.2) is 0 Å². The van der Waals surface area contributed by atoms with Gasteiger partial charge in [-0.3, -0.25) is 0 Å². The second kappa shape index (κ2) is 6.84. The molecule has 0 amide bonds. The fourth-order valence-electron chi connectivity index (χ4n) is 2.08. The van der Waals surface area contributed by atoms with Gasteiger partial charge in [-0.1, -0.05) is 48.5 Å². The summed E-state index contributed by atoms with van der Waals surface area (Å²) in [7, 11) is 2.00. The van der Waals surface area contributed by atoms with Crippen molar-refractivity contribution in [2.45, 2.75) is 6.42 Å². The van der Waals surface area contributed by atoms with Crippen molar-refractivity contribution in [3.05, 3.63) is 59.7 Å². The van der Waals surface area contributed by atoms with Crippen LogP contribution in [0.25, 0.3) is 11.1 Å². The minimum atomic E-state index is 1.00. The van der Waals surface area contributed by atoms with E-state index in [1.807, 2.05) is 0 Å². The molecule has 0 fully saturated rings. The predicted octanol–water partition coefficient (Wildman–Crippen LogP) is 2.47. The Morgan fingerprint density at radius 1 is 0.647 bits per heavy atom. The van der Waals surface area contributed by atoms with Crippen molar-refractivity contribution in [2.75, 3.05) is 14.2 Å². The molecule has 1 aliphatic carbocycles. The maximum Gasteiger partial charge on any atom is 0.0319 e. The summed E-state index contributed by atoms with van der Waals surface area (Å²) in [6, 6.07) is 17.3. The van der Waals surface area contributed by atoms with Crippen molar-refractivity contribution in [3.63, 3.8) is 0 Å². The first-order valence-corrected chi connectivity index (χ1v) is 5.51. The highest BCUT2D eigenvalue weighted by Gasteiger charge is 2.15. The number of fused-ring (bicyclic) bond motifs is 3. The molecular formula is C15H18O2. The van der Waals surface area contributed by atoms with Gasteiger partial charge in [0.2, 0.25) is 0 Å². The molecule has 0 radical (unpaired) electrons. The second-order valence-corrected chi connectivity index (χ2v) is 3.49. The van der Waals surface area contributed by atoms with Gasteiger partial charge in [-0.15, -0.1) is 0 Å². The van der Waals surface area contributed by atoms with Gasteiger partial charge in [0, 0.05) is 14.2 Å². The zero-order valence-corrected chi connectivity index (χ0v) is 10.2. The maximum absolute atomic E-state index is 7.00. The third-order valence-electron chi connectivity index (χ3n) is 2.71. The molecule has 1 aliphatic rings. The number of hydrogen-bond acceptors (Lipinski definition) is 2. The van der Waals surface area contributed by atoms with Crippen LogP contribution in [0.2, 0.25) is 0 Å².